The summed E-state index contributed by atoms with van der Waals surface area (Å²) >= 11 is 7.19. The molecular weight excluding hydrogens is 396 g/mol. The molecule has 3 N–H and O–H groups in total. The number of aromatic hydroxyl groups is 2. The third-order valence-corrected chi connectivity index (χ3v) is 5.48. The van der Waals surface area contributed by atoms with Crippen molar-refractivity contribution in [3.63, 3.8) is 0 Å². The first-order chi connectivity index (χ1) is 12.9. The van der Waals surface area contributed by atoms with E-state index >= 15 is 0 Å². The Balaban J connectivity index is 2.11. The predicted octanol–water partition coefficient (Wildman–Crippen LogP) is 5.27. The number of benzene rings is 2. The zero-order chi connectivity index (χ0) is 19.3. The number of rotatable bonds is 2. The van der Waals surface area contributed by atoms with Gasteiger partial charge >= 0.3 is 0 Å². The van der Waals surface area contributed by atoms with Crippen LogP contribution in [0.1, 0.15) is 0 Å². The van der Waals surface area contributed by atoms with Gasteiger partial charge in [-0.2, -0.15) is 0 Å². The van der Waals surface area contributed by atoms with E-state index in [1.165, 1.54) is 0 Å². The average Bonchev–Trinajstić information content (AvgIpc) is 2.95. The van der Waals surface area contributed by atoms with E-state index in [1.54, 1.807) is 30.3 Å². The molecule has 27 heavy (non-hydrogen) atoms. The van der Waals surface area contributed by atoms with Crippen LogP contribution in [0.25, 0.3) is 32.5 Å². The summed E-state index contributed by atoms with van der Waals surface area (Å²) in [5.41, 5.74) is -0.0162. The second-order valence-corrected chi connectivity index (χ2v) is 7.40. The van der Waals surface area contributed by atoms with Gasteiger partial charge in [-0.05, 0) is 11.6 Å². The molecule has 0 unspecified atom stereocenters. The maximum atomic E-state index is 13.7. The Bertz CT molecular complexity index is 1250. The molecule has 0 aliphatic rings. The summed E-state index contributed by atoms with van der Waals surface area (Å²) in [6, 6.07) is 9.91. The quantitative estimate of drug-likeness (QED) is 0.425. The van der Waals surface area contributed by atoms with Gasteiger partial charge in [0.2, 0.25) is 0 Å². The molecule has 0 spiro atoms. The number of thiophene rings is 1. The molecule has 0 saturated carbocycles. The molecule has 0 amide bonds. The van der Waals surface area contributed by atoms with Crippen LogP contribution >= 0.6 is 22.9 Å². The van der Waals surface area contributed by atoms with E-state index in [4.69, 9.17) is 11.6 Å². The van der Waals surface area contributed by atoms with E-state index in [-0.39, 0.29) is 37.0 Å². The van der Waals surface area contributed by atoms with Gasteiger partial charge in [0.25, 0.3) is 5.56 Å². The first-order valence-electron chi connectivity index (χ1n) is 7.69. The van der Waals surface area contributed by atoms with E-state index in [0.717, 1.165) is 17.4 Å². The van der Waals surface area contributed by atoms with Crippen LogP contribution in [0.5, 0.6) is 11.5 Å². The van der Waals surface area contributed by atoms with E-state index in [1.807, 2.05) is 0 Å². The van der Waals surface area contributed by atoms with Gasteiger partial charge < -0.3 is 15.2 Å². The molecule has 2 aromatic heterocycles. The fourth-order valence-corrected chi connectivity index (χ4v) is 4.33. The van der Waals surface area contributed by atoms with Crippen molar-refractivity contribution < 1.29 is 19.0 Å². The Kier molecular flexibility index (Phi) is 4.13. The summed E-state index contributed by atoms with van der Waals surface area (Å²) in [5.74, 6) is -3.29. The van der Waals surface area contributed by atoms with Crippen LogP contribution in [0, 0.1) is 11.6 Å². The number of aromatic amines is 1. The molecule has 0 radical (unpaired) electrons. The number of pyridine rings is 1. The van der Waals surface area contributed by atoms with Crippen LogP contribution < -0.4 is 5.56 Å². The molecule has 2 aromatic carbocycles. The highest BCUT2D eigenvalue weighted by molar-refractivity contribution is 7.23. The summed E-state index contributed by atoms with van der Waals surface area (Å²) in [6.07, 6.45) is 0. The van der Waals surface area contributed by atoms with Gasteiger partial charge in [-0.1, -0.05) is 41.9 Å². The van der Waals surface area contributed by atoms with E-state index in [9.17, 15) is 23.8 Å². The smallest absolute Gasteiger partial charge is 0.260 e. The van der Waals surface area contributed by atoms with Gasteiger partial charge in [-0.15, -0.1) is 11.3 Å². The number of phenols is 1. The monoisotopic (exact) mass is 405 g/mol. The summed E-state index contributed by atoms with van der Waals surface area (Å²) in [7, 11) is 0. The van der Waals surface area contributed by atoms with E-state index in [2.05, 4.69) is 4.98 Å². The minimum absolute atomic E-state index is 0.0147. The highest BCUT2D eigenvalue weighted by Gasteiger charge is 2.24. The molecule has 0 bridgehead atoms. The maximum absolute atomic E-state index is 13.7. The molecule has 4 aromatic rings. The fraction of sp³-hybridized carbons (Fsp3) is 0. The van der Waals surface area contributed by atoms with Crippen molar-refractivity contribution in [2.24, 2.45) is 0 Å². The number of fused-ring (bicyclic) bond motifs is 1. The van der Waals surface area contributed by atoms with E-state index in [0.29, 0.717) is 11.6 Å². The summed E-state index contributed by atoms with van der Waals surface area (Å²) < 4.78 is 27.2. The normalized spacial score (nSPS) is 11.2. The van der Waals surface area contributed by atoms with Gasteiger partial charge in [0.1, 0.15) is 20.7 Å². The lowest BCUT2D eigenvalue weighted by atomic mass is 10.00. The highest BCUT2D eigenvalue weighted by Crippen LogP contribution is 2.49. The van der Waals surface area contributed by atoms with Crippen molar-refractivity contribution in [3.8, 4) is 33.8 Å². The lowest BCUT2D eigenvalue weighted by Crippen LogP contribution is -2.08. The largest absolute Gasteiger partial charge is 0.507 e. The standard InChI is InChI=1S/C19H10ClF2NO3S/c20-17-14(9-6-10(21)11(22)7-12(9)24)15-16(25)13(8-4-2-1-3-5-8)18(26)23-19(15)27-17/h1-7,24H,(H2,23,25,26). The minimum Gasteiger partial charge on any atom is -0.507 e. The highest BCUT2D eigenvalue weighted by atomic mass is 35.5. The van der Waals surface area contributed by atoms with Crippen LogP contribution in [-0.4, -0.2) is 15.2 Å². The summed E-state index contributed by atoms with van der Waals surface area (Å²) in [5, 5.41) is 21.1. The molecule has 4 nitrogen and oxygen atoms in total. The number of halogens is 3. The predicted molar refractivity (Wildman–Crippen MR) is 102 cm³/mol. The second-order valence-electron chi connectivity index (χ2n) is 5.78. The molecule has 8 heteroatoms. The molecule has 4 rings (SSSR count). The number of H-pyrrole nitrogens is 1. The molecule has 0 aliphatic carbocycles. The van der Waals surface area contributed by atoms with Crippen LogP contribution in [0.4, 0.5) is 8.78 Å². The maximum Gasteiger partial charge on any atom is 0.260 e. The van der Waals surface area contributed by atoms with E-state index < -0.39 is 22.9 Å². The number of phenolic OH excluding ortho intramolecular Hbond substituents is 1. The first-order valence-corrected chi connectivity index (χ1v) is 8.89. The van der Waals surface area contributed by atoms with Crippen molar-refractivity contribution in [1.82, 2.24) is 4.98 Å². The SMILES string of the molecule is O=c1[nH]c2sc(Cl)c(-c3cc(F)c(F)cc3O)c2c(O)c1-c1ccccc1. The van der Waals surface area contributed by atoms with Gasteiger partial charge in [-0.3, -0.25) is 4.79 Å². The van der Waals surface area contributed by atoms with Gasteiger partial charge in [0.05, 0.1) is 10.9 Å². The average molecular weight is 406 g/mol. The topological polar surface area (TPSA) is 73.3 Å². The molecule has 136 valence electrons. The van der Waals surface area contributed by atoms with Crippen LogP contribution in [0.2, 0.25) is 4.34 Å². The Morgan fingerprint density at radius 2 is 1.67 bits per heavy atom. The van der Waals surface area contributed by atoms with Crippen molar-refractivity contribution in [1.29, 1.82) is 0 Å². The van der Waals surface area contributed by atoms with Crippen molar-refractivity contribution in [2.45, 2.75) is 0 Å². The zero-order valence-electron chi connectivity index (χ0n) is 13.4. The molecule has 0 aliphatic heterocycles. The molecule has 0 saturated heterocycles. The van der Waals surface area contributed by atoms with Crippen LogP contribution in [0.15, 0.2) is 47.3 Å². The molecular formula is C19H10ClF2NO3S. The van der Waals surface area contributed by atoms with Crippen molar-refractivity contribution in [2.75, 3.05) is 0 Å². The second kappa shape index (κ2) is 6.37. The fourth-order valence-electron chi connectivity index (χ4n) is 2.97. The molecule has 2 heterocycles. The lowest BCUT2D eigenvalue weighted by molar-refractivity contribution is 0.457. The van der Waals surface area contributed by atoms with Crippen LogP contribution in [-0.2, 0) is 0 Å². The van der Waals surface area contributed by atoms with Gasteiger partial charge in [0, 0.05) is 17.2 Å². The number of hydrogen-bond acceptors (Lipinski definition) is 4. The van der Waals surface area contributed by atoms with Gasteiger partial charge in [-0.25, -0.2) is 8.78 Å². The summed E-state index contributed by atoms with van der Waals surface area (Å²) in [4.78, 5) is 15.4. The van der Waals surface area contributed by atoms with Gasteiger partial charge in [0.15, 0.2) is 11.6 Å². The Labute approximate surface area is 159 Å². The Hall–Kier alpha value is -2.90. The number of hydrogen-bond donors (Lipinski definition) is 3. The Morgan fingerprint density at radius 1 is 1.00 bits per heavy atom. The third kappa shape index (κ3) is 2.75. The number of aromatic nitrogens is 1. The third-order valence-electron chi connectivity index (χ3n) is 4.16. The Morgan fingerprint density at radius 3 is 2.37 bits per heavy atom. The minimum atomic E-state index is -1.21. The molecule has 0 fully saturated rings. The van der Waals surface area contributed by atoms with Crippen LogP contribution in [0.3, 0.4) is 0 Å². The zero-order valence-corrected chi connectivity index (χ0v) is 15.0. The lowest BCUT2D eigenvalue weighted by Gasteiger charge is -2.09. The van der Waals surface area contributed by atoms with Crippen molar-refractivity contribution >= 4 is 33.2 Å². The summed E-state index contributed by atoms with van der Waals surface area (Å²) in [6.45, 7) is 0. The van der Waals surface area contributed by atoms with Crippen molar-refractivity contribution in [3.05, 3.63) is 68.8 Å². The number of nitrogens with one attached hydrogen (secondary N) is 1. The first kappa shape index (κ1) is 17.5. The molecule has 0 atom stereocenters.